The SMILES string of the molecule is CC(C)On1nnc2cc(Cc3ccccc3-n3ccnc3)ccc21. The van der Waals surface area contributed by atoms with Gasteiger partial charge in [0.15, 0.2) is 0 Å². The van der Waals surface area contributed by atoms with Gasteiger partial charge in [0.1, 0.15) is 17.1 Å². The molecule has 2 aromatic heterocycles. The Kier molecular flexibility index (Phi) is 3.93. The molecule has 0 amide bonds. The van der Waals surface area contributed by atoms with Crippen molar-refractivity contribution >= 4 is 11.0 Å². The molecule has 0 radical (unpaired) electrons. The van der Waals surface area contributed by atoms with Crippen LogP contribution in [0.25, 0.3) is 16.7 Å². The summed E-state index contributed by atoms with van der Waals surface area (Å²) in [7, 11) is 0. The number of aromatic nitrogens is 5. The molecule has 0 spiro atoms. The molecule has 0 bridgehead atoms. The van der Waals surface area contributed by atoms with Crippen LogP contribution in [0.15, 0.2) is 61.2 Å². The van der Waals surface area contributed by atoms with Crippen LogP contribution in [0.3, 0.4) is 0 Å². The summed E-state index contributed by atoms with van der Waals surface area (Å²) < 4.78 is 2.03. The fraction of sp³-hybridized carbons (Fsp3) is 0.211. The van der Waals surface area contributed by atoms with Crippen molar-refractivity contribution in [2.24, 2.45) is 0 Å². The van der Waals surface area contributed by atoms with Crippen LogP contribution >= 0.6 is 0 Å². The minimum atomic E-state index is 0.0478. The highest BCUT2D eigenvalue weighted by Crippen LogP contribution is 2.20. The van der Waals surface area contributed by atoms with E-state index in [9.17, 15) is 0 Å². The molecule has 6 heteroatoms. The second kappa shape index (κ2) is 6.39. The third-order valence-corrected chi connectivity index (χ3v) is 3.96. The van der Waals surface area contributed by atoms with Crippen molar-refractivity contribution in [3.63, 3.8) is 0 Å². The summed E-state index contributed by atoms with van der Waals surface area (Å²) in [5.41, 5.74) is 5.24. The first-order valence-corrected chi connectivity index (χ1v) is 8.28. The summed E-state index contributed by atoms with van der Waals surface area (Å²) in [5, 5.41) is 8.29. The summed E-state index contributed by atoms with van der Waals surface area (Å²) in [6.07, 6.45) is 6.41. The van der Waals surface area contributed by atoms with Gasteiger partial charge in [-0.3, -0.25) is 0 Å². The predicted molar refractivity (Wildman–Crippen MR) is 95.6 cm³/mol. The Morgan fingerprint density at radius 2 is 2.00 bits per heavy atom. The Labute approximate surface area is 145 Å². The van der Waals surface area contributed by atoms with Gasteiger partial charge < -0.3 is 9.40 Å². The van der Waals surface area contributed by atoms with Crippen molar-refractivity contribution in [2.75, 3.05) is 0 Å². The van der Waals surface area contributed by atoms with Gasteiger partial charge in [0.25, 0.3) is 0 Å². The topological polar surface area (TPSA) is 57.8 Å². The summed E-state index contributed by atoms with van der Waals surface area (Å²) in [6, 6.07) is 14.5. The summed E-state index contributed by atoms with van der Waals surface area (Å²) in [5.74, 6) is 0. The zero-order valence-corrected chi connectivity index (χ0v) is 14.2. The van der Waals surface area contributed by atoms with Crippen LogP contribution in [-0.2, 0) is 6.42 Å². The third-order valence-electron chi connectivity index (χ3n) is 3.96. The van der Waals surface area contributed by atoms with Crippen LogP contribution < -0.4 is 4.84 Å². The average molecular weight is 333 g/mol. The summed E-state index contributed by atoms with van der Waals surface area (Å²) in [4.78, 5) is 11.3. The maximum atomic E-state index is 5.63. The van der Waals surface area contributed by atoms with Gasteiger partial charge in [0, 0.05) is 18.1 Å². The summed E-state index contributed by atoms with van der Waals surface area (Å²) in [6.45, 7) is 3.93. The quantitative estimate of drug-likeness (QED) is 0.563. The van der Waals surface area contributed by atoms with Gasteiger partial charge in [-0.25, -0.2) is 4.98 Å². The van der Waals surface area contributed by atoms with Crippen molar-refractivity contribution < 1.29 is 4.84 Å². The summed E-state index contributed by atoms with van der Waals surface area (Å²) >= 11 is 0. The number of benzene rings is 2. The molecular weight excluding hydrogens is 314 g/mol. The van der Waals surface area contributed by atoms with Crippen LogP contribution in [0.2, 0.25) is 0 Å². The lowest BCUT2D eigenvalue weighted by molar-refractivity contribution is 0.0408. The average Bonchev–Trinajstić information content (AvgIpc) is 3.25. The van der Waals surface area contributed by atoms with Crippen molar-refractivity contribution in [1.82, 2.24) is 24.7 Å². The molecule has 0 atom stereocenters. The maximum absolute atomic E-state index is 5.63. The van der Waals surface area contributed by atoms with Crippen LogP contribution in [0, 0.1) is 0 Å². The Morgan fingerprint density at radius 1 is 1.12 bits per heavy atom. The molecule has 0 saturated heterocycles. The lowest BCUT2D eigenvalue weighted by Crippen LogP contribution is -2.20. The molecule has 0 N–H and O–H groups in total. The van der Waals surface area contributed by atoms with E-state index in [1.807, 2.05) is 43.1 Å². The number of hydrogen-bond acceptors (Lipinski definition) is 4. The molecule has 4 rings (SSSR count). The molecule has 126 valence electrons. The fourth-order valence-corrected chi connectivity index (χ4v) is 2.87. The minimum Gasteiger partial charge on any atom is -0.392 e. The first-order chi connectivity index (χ1) is 12.2. The zero-order chi connectivity index (χ0) is 17.2. The van der Waals surface area contributed by atoms with E-state index < -0.39 is 0 Å². The highest BCUT2D eigenvalue weighted by Gasteiger charge is 2.10. The third kappa shape index (κ3) is 3.10. The minimum absolute atomic E-state index is 0.0478. The van der Waals surface area contributed by atoms with Crippen molar-refractivity contribution in [2.45, 2.75) is 26.4 Å². The Morgan fingerprint density at radius 3 is 2.80 bits per heavy atom. The van der Waals surface area contributed by atoms with Gasteiger partial charge in [0.2, 0.25) is 0 Å². The normalized spacial score (nSPS) is 11.3. The molecule has 0 fully saturated rings. The number of hydrogen-bond donors (Lipinski definition) is 0. The molecule has 6 nitrogen and oxygen atoms in total. The number of rotatable bonds is 5. The number of para-hydroxylation sites is 1. The molecule has 2 aromatic carbocycles. The van der Waals surface area contributed by atoms with Crippen molar-refractivity contribution in [3.8, 4) is 5.69 Å². The van der Waals surface area contributed by atoms with Gasteiger partial charge in [-0.2, -0.15) is 0 Å². The number of fused-ring (bicyclic) bond motifs is 1. The zero-order valence-electron chi connectivity index (χ0n) is 14.2. The van der Waals surface area contributed by atoms with E-state index in [0.717, 1.165) is 23.1 Å². The first kappa shape index (κ1) is 15.4. The van der Waals surface area contributed by atoms with Gasteiger partial charge in [-0.15, -0.1) is 5.10 Å². The van der Waals surface area contributed by atoms with Crippen LogP contribution in [0.4, 0.5) is 0 Å². The van der Waals surface area contributed by atoms with Crippen LogP contribution in [0.1, 0.15) is 25.0 Å². The van der Waals surface area contributed by atoms with E-state index in [1.54, 1.807) is 6.20 Å². The predicted octanol–water partition coefficient (Wildman–Crippen LogP) is 3.04. The molecule has 25 heavy (non-hydrogen) atoms. The van der Waals surface area contributed by atoms with Gasteiger partial charge in [0.05, 0.1) is 6.33 Å². The number of imidazole rings is 1. The van der Waals surface area contributed by atoms with E-state index in [1.165, 1.54) is 16.0 Å². The second-order valence-electron chi connectivity index (χ2n) is 6.22. The van der Waals surface area contributed by atoms with E-state index in [0.29, 0.717) is 0 Å². The largest absolute Gasteiger partial charge is 0.392 e. The number of nitrogens with zero attached hydrogens (tertiary/aromatic N) is 5. The molecule has 0 aliphatic carbocycles. The molecule has 0 aliphatic rings. The highest BCUT2D eigenvalue weighted by molar-refractivity contribution is 5.75. The van der Waals surface area contributed by atoms with Crippen molar-refractivity contribution in [1.29, 1.82) is 0 Å². The Bertz CT molecular complexity index is 988. The molecule has 0 saturated carbocycles. The smallest absolute Gasteiger partial charge is 0.130 e. The fourth-order valence-electron chi connectivity index (χ4n) is 2.87. The Balaban J connectivity index is 1.66. The maximum Gasteiger partial charge on any atom is 0.130 e. The molecular formula is C19H19N5O. The monoisotopic (exact) mass is 333 g/mol. The van der Waals surface area contributed by atoms with Crippen LogP contribution in [0.5, 0.6) is 0 Å². The van der Waals surface area contributed by atoms with Gasteiger partial charge >= 0.3 is 0 Å². The lowest BCUT2D eigenvalue weighted by Gasteiger charge is -2.11. The molecule has 2 heterocycles. The highest BCUT2D eigenvalue weighted by atomic mass is 16.7. The van der Waals surface area contributed by atoms with Gasteiger partial charge in [-0.1, -0.05) is 29.1 Å². The van der Waals surface area contributed by atoms with E-state index >= 15 is 0 Å². The van der Waals surface area contributed by atoms with Crippen LogP contribution in [-0.4, -0.2) is 30.8 Å². The molecule has 4 aromatic rings. The van der Waals surface area contributed by atoms with Gasteiger partial charge in [-0.05, 0) is 54.8 Å². The standard InChI is InChI=1S/C19H19N5O/c1-14(2)25-24-19-8-7-15(12-17(19)21-22-24)11-16-5-3-4-6-18(16)23-10-9-20-13-23/h3-10,12-14H,11H2,1-2H3. The van der Waals surface area contributed by atoms with E-state index in [2.05, 4.69) is 45.6 Å². The second-order valence-corrected chi connectivity index (χ2v) is 6.22. The molecule has 0 unspecified atom stereocenters. The lowest BCUT2D eigenvalue weighted by atomic mass is 10.0. The van der Waals surface area contributed by atoms with E-state index in [4.69, 9.17) is 4.84 Å². The first-order valence-electron chi connectivity index (χ1n) is 8.28. The Hall–Kier alpha value is -3.15. The van der Waals surface area contributed by atoms with Crippen molar-refractivity contribution in [3.05, 3.63) is 72.3 Å². The van der Waals surface area contributed by atoms with E-state index in [-0.39, 0.29) is 6.10 Å². The molecule has 0 aliphatic heterocycles.